The van der Waals surface area contributed by atoms with Crippen LogP contribution in [0.5, 0.6) is 5.75 Å². The lowest BCUT2D eigenvalue weighted by Crippen LogP contribution is -2.39. The number of urea groups is 1. The second kappa shape index (κ2) is 7.72. The Morgan fingerprint density at radius 1 is 1.42 bits per heavy atom. The number of aryl methyl sites for hydroxylation is 1. The molecule has 8 heteroatoms. The van der Waals surface area contributed by atoms with Gasteiger partial charge in [0, 0.05) is 31.9 Å². The molecule has 26 heavy (non-hydrogen) atoms. The van der Waals surface area contributed by atoms with Crippen molar-refractivity contribution < 1.29 is 18.3 Å². The Hall–Kier alpha value is -2.64. The highest BCUT2D eigenvalue weighted by Crippen LogP contribution is 2.29. The zero-order valence-electron chi connectivity index (χ0n) is 14.8. The normalized spacial score (nSPS) is 16.3. The number of hydrogen-bond donors (Lipinski definition) is 1. The van der Waals surface area contributed by atoms with Gasteiger partial charge in [-0.25, -0.2) is 4.79 Å². The van der Waals surface area contributed by atoms with Crippen molar-refractivity contribution in [2.45, 2.75) is 38.5 Å². The molecule has 2 aromatic rings. The Morgan fingerprint density at radius 3 is 2.85 bits per heavy atom. The number of nitrogens with zero attached hydrogens (tertiary/aromatic N) is 3. The van der Waals surface area contributed by atoms with Gasteiger partial charge in [-0.3, -0.25) is 4.68 Å². The number of amides is 2. The van der Waals surface area contributed by atoms with Crippen LogP contribution >= 0.6 is 0 Å². The van der Waals surface area contributed by atoms with Gasteiger partial charge in [0.25, 0.3) is 0 Å². The quantitative estimate of drug-likeness (QED) is 0.886. The Morgan fingerprint density at radius 2 is 2.15 bits per heavy atom. The molecular weight excluding hydrogens is 342 g/mol. The van der Waals surface area contributed by atoms with Crippen LogP contribution in [0.2, 0.25) is 0 Å². The van der Waals surface area contributed by atoms with E-state index in [9.17, 15) is 13.6 Å². The zero-order chi connectivity index (χ0) is 18.7. The topological polar surface area (TPSA) is 59.4 Å². The van der Waals surface area contributed by atoms with Crippen molar-refractivity contribution in [1.29, 1.82) is 0 Å². The van der Waals surface area contributed by atoms with Gasteiger partial charge in [0.05, 0.1) is 12.2 Å². The van der Waals surface area contributed by atoms with Crippen LogP contribution in [0.25, 0.3) is 0 Å². The second-order valence-corrected chi connectivity index (χ2v) is 6.44. The first-order valence-corrected chi connectivity index (χ1v) is 8.50. The van der Waals surface area contributed by atoms with Crippen LogP contribution in [0.4, 0.5) is 13.6 Å². The molecule has 1 heterocycles. The number of aromatic nitrogens is 2. The van der Waals surface area contributed by atoms with Crippen LogP contribution < -0.4 is 10.1 Å². The van der Waals surface area contributed by atoms with E-state index in [1.54, 1.807) is 24.1 Å². The molecule has 0 fully saturated rings. The number of alkyl halides is 2. The summed E-state index contributed by atoms with van der Waals surface area (Å²) in [6, 6.07) is 6.05. The van der Waals surface area contributed by atoms with Gasteiger partial charge in [-0.2, -0.15) is 13.9 Å². The van der Waals surface area contributed by atoms with E-state index in [-0.39, 0.29) is 17.8 Å². The molecule has 1 aromatic heterocycles. The minimum Gasteiger partial charge on any atom is -0.435 e. The summed E-state index contributed by atoms with van der Waals surface area (Å²) in [7, 11) is 3.61. The molecule has 1 aliphatic carbocycles. The van der Waals surface area contributed by atoms with E-state index in [0.717, 1.165) is 30.4 Å². The number of nitrogens with one attached hydrogen (secondary N) is 1. The molecule has 1 aromatic carbocycles. The van der Waals surface area contributed by atoms with E-state index in [2.05, 4.69) is 15.2 Å². The third-order valence-corrected chi connectivity index (χ3v) is 4.59. The van der Waals surface area contributed by atoms with Crippen molar-refractivity contribution in [3.05, 3.63) is 47.3 Å². The van der Waals surface area contributed by atoms with Crippen molar-refractivity contribution in [3.63, 3.8) is 0 Å². The van der Waals surface area contributed by atoms with Gasteiger partial charge in [-0.1, -0.05) is 12.1 Å². The maximum Gasteiger partial charge on any atom is 0.387 e. The van der Waals surface area contributed by atoms with Gasteiger partial charge in [0.2, 0.25) is 0 Å². The molecule has 3 rings (SSSR count). The standard InChI is InChI=1S/C18H22F2N4O2/c1-23(11-12-6-8-13(9-7-12)26-17(19)20)18(25)22-15-4-3-5-16-14(15)10-21-24(16)2/h6-10,15,17H,3-5,11H2,1-2H3,(H,22,25)/t15-/m1/s1. The molecule has 2 amide bonds. The first kappa shape index (κ1) is 18.2. The maximum absolute atomic E-state index is 12.5. The van der Waals surface area contributed by atoms with Crippen LogP contribution in [0.15, 0.2) is 30.5 Å². The Labute approximate surface area is 150 Å². The van der Waals surface area contributed by atoms with Gasteiger partial charge in [-0.15, -0.1) is 0 Å². The predicted octanol–water partition coefficient (Wildman–Crippen LogP) is 3.24. The Bertz CT molecular complexity index is 761. The van der Waals surface area contributed by atoms with E-state index in [0.29, 0.717) is 6.54 Å². The van der Waals surface area contributed by atoms with E-state index < -0.39 is 6.61 Å². The van der Waals surface area contributed by atoms with Crippen molar-refractivity contribution in [3.8, 4) is 5.75 Å². The lowest BCUT2D eigenvalue weighted by molar-refractivity contribution is -0.0498. The number of carbonyl (C=O) groups is 1. The highest BCUT2D eigenvalue weighted by Gasteiger charge is 2.25. The summed E-state index contributed by atoms with van der Waals surface area (Å²) in [6.45, 7) is -2.48. The highest BCUT2D eigenvalue weighted by molar-refractivity contribution is 5.74. The smallest absolute Gasteiger partial charge is 0.387 e. The fraction of sp³-hybridized carbons (Fsp3) is 0.444. The van der Waals surface area contributed by atoms with Crippen LogP contribution in [-0.2, 0) is 20.0 Å². The monoisotopic (exact) mass is 364 g/mol. The van der Waals surface area contributed by atoms with E-state index in [1.165, 1.54) is 17.8 Å². The lowest BCUT2D eigenvalue weighted by atomic mass is 9.93. The molecule has 6 nitrogen and oxygen atoms in total. The second-order valence-electron chi connectivity index (χ2n) is 6.44. The van der Waals surface area contributed by atoms with Gasteiger partial charge in [-0.05, 0) is 37.0 Å². The molecule has 140 valence electrons. The van der Waals surface area contributed by atoms with E-state index in [1.807, 2.05) is 17.9 Å². The summed E-state index contributed by atoms with van der Waals surface area (Å²) in [4.78, 5) is 14.1. The number of halogens is 2. The molecule has 0 saturated carbocycles. The minimum absolute atomic E-state index is 0.0378. The Kier molecular flexibility index (Phi) is 5.39. The van der Waals surface area contributed by atoms with Crippen molar-refractivity contribution in [2.75, 3.05) is 7.05 Å². The number of hydrogen-bond acceptors (Lipinski definition) is 3. The zero-order valence-corrected chi connectivity index (χ0v) is 14.8. The number of ether oxygens (including phenoxy) is 1. The third kappa shape index (κ3) is 4.12. The summed E-state index contributed by atoms with van der Waals surface area (Å²) in [5.74, 6) is 0.0992. The SMILES string of the molecule is CN(Cc1ccc(OC(F)F)cc1)C(=O)N[C@@H]1CCCc2c1cnn2C. The fourth-order valence-corrected chi connectivity index (χ4v) is 3.24. The first-order chi connectivity index (χ1) is 12.4. The van der Waals surface area contributed by atoms with Gasteiger partial charge in [0.15, 0.2) is 0 Å². The largest absolute Gasteiger partial charge is 0.435 e. The molecule has 0 unspecified atom stereocenters. The molecule has 0 radical (unpaired) electrons. The Balaban J connectivity index is 1.58. The number of carbonyl (C=O) groups excluding carboxylic acids is 1. The summed E-state index contributed by atoms with van der Waals surface area (Å²) in [5.41, 5.74) is 3.07. The van der Waals surface area contributed by atoms with Gasteiger partial charge in [0.1, 0.15) is 5.75 Å². The highest BCUT2D eigenvalue weighted by atomic mass is 19.3. The molecule has 1 aliphatic rings. The molecule has 0 aliphatic heterocycles. The molecule has 0 spiro atoms. The van der Waals surface area contributed by atoms with Crippen LogP contribution in [0, 0.1) is 0 Å². The average Bonchev–Trinajstić information content (AvgIpc) is 2.98. The summed E-state index contributed by atoms with van der Waals surface area (Å²) in [5, 5.41) is 7.34. The van der Waals surface area contributed by atoms with Crippen LogP contribution in [0.1, 0.15) is 35.7 Å². The average molecular weight is 364 g/mol. The third-order valence-electron chi connectivity index (χ3n) is 4.59. The summed E-state index contributed by atoms with van der Waals surface area (Å²) in [6.07, 6.45) is 4.69. The number of benzene rings is 1. The van der Waals surface area contributed by atoms with Crippen LogP contribution in [0.3, 0.4) is 0 Å². The number of fused-ring (bicyclic) bond motifs is 1. The molecule has 1 N–H and O–H groups in total. The maximum atomic E-state index is 12.5. The molecule has 1 atom stereocenters. The van der Waals surface area contributed by atoms with Gasteiger partial charge < -0.3 is 15.0 Å². The molecular formula is C18H22F2N4O2. The minimum atomic E-state index is -2.85. The van der Waals surface area contributed by atoms with E-state index in [4.69, 9.17) is 0 Å². The fourth-order valence-electron chi connectivity index (χ4n) is 3.24. The number of rotatable bonds is 5. The molecule has 0 bridgehead atoms. The van der Waals surface area contributed by atoms with Gasteiger partial charge >= 0.3 is 12.6 Å². The van der Waals surface area contributed by atoms with Crippen molar-refractivity contribution in [1.82, 2.24) is 20.0 Å². The van der Waals surface area contributed by atoms with Crippen LogP contribution in [-0.4, -0.2) is 34.4 Å². The van der Waals surface area contributed by atoms with Crippen molar-refractivity contribution >= 4 is 6.03 Å². The summed E-state index contributed by atoms with van der Waals surface area (Å²) < 4.78 is 30.5. The first-order valence-electron chi connectivity index (χ1n) is 8.50. The predicted molar refractivity (Wildman–Crippen MR) is 92.0 cm³/mol. The van der Waals surface area contributed by atoms with Crippen molar-refractivity contribution in [2.24, 2.45) is 7.05 Å². The molecule has 0 saturated heterocycles. The summed E-state index contributed by atoms with van der Waals surface area (Å²) >= 11 is 0. The van der Waals surface area contributed by atoms with E-state index >= 15 is 0 Å². The lowest BCUT2D eigenvalue weighted by Gasteiger charge is -2.26.